The summed E-state index contributed by atoms with van der Waals surface area (Å²) in [6.07, 6.45) is -8.12. The number of hydrogen-bond acceptors (Lipinski definition) is 23. The number of amides is 2. The van der Waals surface area contributed by atoms with E-state index in [1.54, 1.807) is 41.5 Å². The molecule has 0 bridgehead atoms. The number of thioether (sulfide) groups is 1. The number of unbranched alkanes of at least 4 members (excludes halogenated alkanes) is 2. The Morgan fingerprint density at radius 3 is 2.33 bits per heavy atom. The van der Waals surface area contributed by atoms with Crippen molar-refractivity contribution in [3.8, 4) is 0 Å². The first kappa shape index (κ1) is 56.5. The number of carbonyl (C=O) groups excluding carboxylic acids is 4. The molecule has 3 aliphatic heterocycles. The molecule has 9 N–H and O–H groups in total. The van der Waals surface area contributed by atoms with E-state index in [-0.39, 0.29) is 54.3 Å². The van der Waals surface area contributed by atoms with Gasteiger partial charge >= 0.3 is 39.5 Å². The van der Waals surface area contributed by atoms with Crippen molar-refractivity contribution >= 4 is 74.1 Å². The van der Waals surface area contributed by atoms with Gasteiger partial charge in [0, 0.05) is 24.8 Å². The van der Waals surface area contributed by atoms with Crippen molar-refractivity contribution in [1.29, 1.82) is 0 Å². The largest absolute Gasteiger partial charge is 0.472 e. The number of aromatic nitrogens is 6. The standard InChI is InChI=1S/C40H60N10O19P2S/c1-39(2,3)67-37(55)46-21(10-8-7-9-11-23(51)22-17-72-20-50(22)38(56)68-40(4,5)6)35(53)66-31-26(65-34(30(31)52)49-19-45-29-32(42)43-18-44-33(29)49)16-63-71(60,61)69-24-14-28(48-13-12-27(41)47-36(48)54)64-25(24)15-62-70(57,58)59/h12-13,18-19,21-22,24-26,28,30-31,34,52H,7-11,14-17,20H2,1-6H3,(H,46,55)(H,60,61)(H2,41,47,54)(H2,42,43,44)(H2,57,58,59)/t21-,22-,24-,25+,26+,28+,30+,31+,34+/m0/s1. The van der Waals surface area contributed by atoms with Gasteiger partial charge in [0.1, 0.15) is 71.6 Å². The number of rotatable bonds is 20. The van der Waals surface area contributed by atoms with Crippen LogP contribution >= 0.6 is 27.4 Å². The molecule has 0 aliphatic carbocycles. The second-order valence-electron chi connectivity index (χ2n) is 18.9. The molecule has 0 radical (unpaired) electrons. The van der Waals surface area contributed by atoms with Gasteiger partial charge < -0.3 is 60.3 Å². The zero-order valence-corrected chi connectivity index (χ0v) is 42.7. The normalized spacial score (nSPS) is 25.0. The van der Waals surface area contributed by atoms with E-state index in [0.29, 0.717) is 24.5 Å². The van der Waals surface area contributed by atoms with Crippen LogP contribution in [0.4, 0.5) is 21.2 Å². The predicted molar refractivity (Wildman–Crippen MR) is 250 cm³/mol. The molecule has 3 aliphatic rings. The van der Waals surface area contributed by atoms with Crippen LogP contribution in [0.2, 0.25) is 0 Å². The Morgan fingerprint density at radius 1 is 0.944 bits per heavy atom. The monoisotopic (exact) mass is 1080 g/mol. The number of nitrogens with zero attached hydrogens (tertiary/aromatic N) is 7. The van der Waals surface area contributed by atoms with Gasteiger partial charge in [-0.15, -0.1) is 11.8 Å². The van der Waals surface area contributed by atoms with Crippen LogP contribution in [0.3, 0.4) is 0 Å². The third kappa shape index (κ3) is 15.4. The van der Waals surface area contributed by atoms with Gasteiger partial charge in [-0.2, -0.15) is 4.98 Å². The van der Waals surface area contributed by atoms with Gasteiger partial charge in [0.2, 0.25) is 0 Å². The number of fused-ring (bicyclic) bond motifs is 1. The van der Waals surface area contributed by atoms with Gasteiger partial charge in [-0.05, 0) is 60.5 Å². The maximum absolute atomic E-state index is 14.2. The summed E-state index contributed by atoms with van der Waals surface area (Å²) < 4.78 is 71.4. The first-order chi connectivity index (χ1) is 33.6. The van der Waals surface area contributed by atoms with E-state index in [1.165, 1.54) is 39.8 Å². The zero-order chi connectivity index (χ0) is 52.9. The minimum absolute atomic E-state index is 0.0200. The lowest BCUT2D eigenvalue weighted by molar-refractivity contribution is -0.159. The number of ether oxygens (including phenoxy) is 5. The molecule has 6 rings (SSSR count). The van der Waals surface area contributed by atoms with Crippen LogP contribution in [-0.4, -0.2) is 156 Å². The highest BCUT2D eigenvalue weighted by Gasteiger charge is 2.50. The summed E-state index contributed by atoms with van der Waals surface area (Å²) in [4.78, 5) is 113. The highest BCUT2D eigenvalue weighted by molar-refractivity contribution is 7.99. The van der Waals surface area contributed by atoms with Gasteiger partial charge in [0.15, 0.2) is 29.6 Å². The number of Topliss-reactive ketones (excluding diaryl/α,β-unsaturated/α-hetero) is 1. The van der Waals surface area contributed by atoms with E-state index in [9.17, 15) is 52.9 Å². The number of aliphatic hydroxyl groups is 1. The number of anilines is 2. The van der Waals surface area contributed by atoms with Crippen LogP contribution in [0.5, 0.6) is 0 Å². The molecule has 0 spiro atoms. The maximum Gasteiger partial charge on any atom is 0.472 e. The van der Waals surface area contributed by atoms with E-state index in [4.69, 9.17) is 44.2 Å². The summed E-state index contributed by atoms with van der Waals surface area (Å²) in [6.45, 7) is 8.20. The molecule has 0 saturated carbocycles. The Hall–Kier alpha value is -4.84. The van der Waals surface area contributed by atoms with Crippen LogP contribution in [0, 0.1) is 0 Å². The third-order valence-electron chi connectivity index (χ3n) is 10.9. The van der Waals surface area contributed by atoms with Gasteiger partial charge in [-0.25, -0.2) is 43.3 Å². The molecular formula is C40H60N10O19P2S. The fraction of sp³-hybridized carbons (Fsp3) is 0.675. The summed E-state index contributed by atoms with van der Waals surface area (Å²) in [5, 5.41) is 14.3. The molecule has 32 heteroatoms. The Labute approximate surface area is 415 Å². The van der Waals surface area contributed by atoms with Crippen molar-refractivity contribution in [3.05, 3.63) is 35.4 Å². The van der Waals surface area contributed by atoms with E-state index in [0.717, 1.165) is 10.9 Å². The lowest BCUT2D eigenvalue weighted by atomic mass is 10.0. The van der Waals surface area contributed by atoms with Gasteiger partial charge in [-0.3, -0.25) is 32.4 Å². The Kier molecular flexibility index (Phi) is 18.2. The number of ketones is 1. The summed E-state index contributed by atoms with van der Waals surface area (Å²) in [7, 11) is -10.4. The Balaban J connectivity index is 1.17. The molecule has 3 fully saturated rings. The summed E-state index contributed by atoms with van der Waals surface area (Å²) in [6, 6.07) is -0.819. The molecule has 29 nitrogen and oxygen atoms in total. The quantitative estimate of drug-likeness (QED) is 0.0368. The van der Waals surface area contributed by atoms with E-state index >= 15 is 0 Å². The number of phosphoric acid groups is 2. The first-order valence-electron chi connectivity index (χ1n) is 22.5. The second-order valence-corrected chi connectivity index (χ2v) is 22.5. The lowest BCUT2D eigenvalue weighted by Gasteiger charge is -2.27. The van der Waals surface area contributed by atoms with Crippen LogP contribution in [0.25, 0.3) is 11.2 Å². The summed E-state index contributed by atoms with van der Waals surface area (Å²) in [5.74, 6) is -0.672. The van der Waals surface area contributed by atoms with Crippen molar-refractivity contribution in [2.45, 2.75) is 146 Å². The van der Waals surface area contributed by atoms with Gasteiger partial charge in [-0.1, -0.05) is 12.8 Å². The highest BCUT2D eigenvalue weighted by Crippen LogP contribution is 2.50. The topological polar surface area (TPSA) is 403 Å². The minimum atomic E-state index is -5.29. The van der Waals surface area contributed by atoms with E-state index in [1.807, 2.05) is 0 Å². The third-order valence-corrected chi connectivity index (χ3v) is 13.4. The van der Waals surface area contributed by atoms with Crippen molar-refractivity contribution in [3.63, 3.8) is 0 Å². The molecule has 0 aromatic carbocycles. The molecule has 6 heterocycles. The average molecular weight is 1080 g/mol. The van der Waals surface area contributed by atoms with Crippen molar-refractivity contribution in [2.24, 2.45) is 0 Å². The number of nitrogens with one attached hydrogen (secondary N) is 1. The number of phosphoric ester groups is 2. The number of carbonyl (C=O) groups is 4. The van der Waals surface area contributed by atoms with Crippen LogP contribution in [0.15, 0.2) is 29.7 Å². The van der Waals surface area contributed by atoms with E-state index in [2.05, 4.69) is 29.8 Å². The number of hydrogen-bond donors (Lipinski definition) is 7. The first-order valence-corrected chi connectivity index (χ1v) is 26.7. The van der Waals surface area contributed by atoms with Gasteiger partial charge in [0.05, 0.1) is 25.4 Å². The number of esters is 1. The number of aliphatic hydroxyl groups excluding tert-OH is 1. The molecule has 2 amide bonds. The van der Waals surface area contributed by atoms with Crippen molar-refractivity contribution in [2.75, 3.05) is 36.3 Å². The number of imidazole rings is 1. The summed E-state index contributed by atoms with van der Waals surface area (Å²) in [5.41, 5.74) is 9.16. The molecule has 400 valence electrons. The molecule has 1 unspecified atom stereocenters. The van der Waals surface area contributed by atoms with Gasteiger partial charge in [0.25, 0.3) is 0 Å². The zero-order valence-electron chi connectivity index (χ0n) is 40.1. The number of nitrogens with two attached hydrogens (primary N) is 2. The average Bonchev–Trinajstić information content (AvgIpc) is 4.07. The molecular weight excluding hydrogens is 1020 g/mol. The molecule has 3 aromatic heterocycles. The Morgan fingerprint density at radius 2 is 1.65 bits per heavy atom. The number of nitrogen functional groups attached to an aromatic ring is 2. The van der Waals surface area contributed by atoms with Crippen molar-refractivity contribution < 1.29 is 85.4 Å². The fourth-order valence-electron chi connectivity index (χ4n) is 7.72. The lowest BCUT2D eigenvalue weighted by Crippen LogP contribution is -2.47. The molecule has 3 saturated heterocycles. The minimum Gasteiger partial charge on any atom is -0.455 e. The molecule has 10 atom stereocenters. The highest BCUT2D eigenvalue weighted by atomic mass is 32.2. The summed E-state index contributed by atoms with van der Waals surface area (Å²) >= 11 is 1.43. The SMILES string of the molecule is CC(C)(C)OC(=O)N[C@@H](CCCCCC(=O)[C@@H]1CSCN1C(=O)OC(C)(C)C)C(=O)O[C@H]1[C@@H](O)[C@H](n2cnc3c(N)ncnc32)O[C@@H]1COP(=O)(O)O[C@H]1C[C@H](n2ccc(N)nc2=O)O[C@@H]1COP(=O)(O)O. The second kappa shape index (κ2) is 23.1. The molecule has 3 aromatic rings. The smallest absolute Gasteiger partial charge is 0.455 e. The number of alkyl carbamates (subject to hydrolysis) is 1. The van der Waals surface area contributed by atoms with Crippen LogP contribution in [-0.2, 0) is 56.0 Å². The fourth-order valence-corrected chi connectivity index (χ4v) is 10.2. The Bertz CT molecular complexity index is 2590. The van der Waals surface area contributed by atoms with Crippen LogP contribution < -0.4 is 22.5 Å². The van der Waals surface area contributed by atoms with E-state index < -0.39 is 119 Å². The predicted octanol–water partition coefficient (Wildman–Crippen LogP) is 2.04. The maximum atomic E-state index is 14.2. The van der Waals surface area contributed by atoms with Crippen LogP contribution in [0.1, 0.15) is 92.5 Å². The molecule has 72 heavy (non-hydrogen) atoms. The van der Waals surface area contributed by atoms with Crippen molar-refractivity contribution in [1.82, 2.24) is 39.3 Å².